The molecule has 1 aromatic heterocycles. The molecule has 0 aliphatic carbocycles. The summed E-state index contributed by atoms with van der Waals surface area (Å²) >= 11 is 0. The Kier molecular flexibility index (Phi) is 4.65. The molecule has 0 radical (unpaired) electrons. The third kappa shape index (κ3) is 3.54. The highest BCUT2D eigenvalue weighted by atomic mass is 16.5. The van der Waals surface area contributed by atoms with Crippen molar-refractivity contribution in [3.8, 4) is 0 Å². The van der Waals surface area contributed by atoms with Gasteiger partial charge in [-0.15, -0.1) is 0 Å². The predicted octanol–water partition coefficient (Wildman–Crippen LogP) is 0.223. The summed E-state index contributed by atoms with van der Waals surface area (Å²) in [6.45, 7) is 3.55. The summed E-state index contributed by atoms with van der Waals surface area (Å²) in [4.78, 5) is 13.1. The van der Waals surface area contributed by atoms with Crippen molar-refractivity contribution < 1.29 is 19.5 Å². The van der Waals surface area contributed by atoms with Gasteiger partial charge in [-0.25, -0.2) is 0 Å². The average Bonchev–Trinajstić information content (AvgIpc) is 2.77. The van der Waals surface area contributed by atoms with E-state index in [0.29, 0.717) is 5.76 Å². The maximum Gasteiger partial charge on any atom is 0.275 e. The number of carbonyl (C=O) groups excluding carboxylic acids is 1. The summed E-state index contributed by atoms with van der Waals surface area (Å²) < 4.78 is 5.02. The summed E-state index contributed by atoms with van der Waals surface area (Å²) in [5.41, 5.74) is 0.210. The topological polar surface area (TPSA) is 86.8 Å². The van der Waals surface area contributed by atoms with Crippen LogP contribution in [0.3, 0.4) is 0 Å². The van der Waals surface area contributed by atoms with Gasteiger partial charge in [0, 0.05) is 25.6 Å². The molecule has 17 heavy (non-hydrogen) atoms. The molecular weight excluding hydrogens is 224 g/mol. The monoisotopic (exact) mass is 242 g/mol. The number of likely N-dealkylation sites (N-methyl/N-ethyl adjacent to an activating group) is 1. The lowest BCUT2D eigenvalue weighted by molar-refractivity contribution is 0.0513. The smallest absolute Gasteiger partial charge is 0.275 e. The van der Waals surface area contributed by atoms with E-state index in [4.69, 9.17) is 9.63 Å². The summed E-state index contributed by atoms with van der Waals surface area (Å²) in [7, 11) is 1.53. The van der Waals surface area contributed by atoms with Crippen molar-refractivity contribution in [3.05, 3.63) is 17.5 Å². The molecule has 0 aliphatic rings. The minimum absolute atomic E-state index is 0.0548. The normalized spacial score (nSPS) is 12.8. The molecule has 0 aromatic carbocycles. The van der Waals surface area contributed by atoms with Crippen molar-refractivity contribution in [1.82, 2.24) is 10.1 Å². The van der Waals surface area contributed by atoms with Crippen LogP contribution in [0, 0.1) is 0 Å². The minimum atomic E-state index is -0.944. The van der Waals surface area contributed by atoms with Crippen LogP contribution in [0.2, 0.25) is 0 Å². The maximum absolute atomic E-state index is 11.8. The molecule has 0 unspecified atom stereocenters. The van der Waals surface area contributed by atoms with Crippen molar-refractivity contribution in [3.63, 3.8) is 0 Å². The average molecular weight is 242 g/mol. The first-order valence-electron chi connectivity index (χ1n) is 5.46. The van der Waals surface area contributed by atoms with Crippen LogP contribution in [0.4, 0.5) is 0 Å². The fraction of sp³-hybridized carbons (Fsp3) is 0.636. The number of aliphatic hydroxyl groups excluding tert-OH is 2. The van der Waals surface area contributed by atoms with Crippen LogP contribution in [0.1, 0.15) is 36.0 Å². The largest absolute Gasteiger partial charge is 0.394 e. The Morgan fingerprint density at radius 2 is 2.24 bits per heavy atom. The first kappa shape index (κ1) is 13.7. The van der Waals surface area contributed by atoms with Crippen LogP contribution in [0.15, 0.2) is 10.6 Å². The van der Waals surface area contributed by atoms with E-state index in [2.05, 4.69) is 5.16 Å². The lowest BCUT2D eigenvalue weighted by Gasteiger charge is -2.18. The van der Waals surface area contributed by atoms with Crippen LogP contribution in [-0.4, -0.2) is 52.5 Å². The summed E-state index contributed by atoms with van der Waals surface area (Å²) in [6, 6.07) is 1.59. The van der Waals surface area contributed by atoms with Crippen molar-refractivity contribution >= 4 is 5.91 Å². The molecule has 0 saturated heterocycles. The minimum Gasteiger partial charge on any atom is -0.394 e. The number of rotatable bonds is 5. The molecule has 0 spiro atoms. The molecule has 0 saturated carbocycles. The second-order valence-corrected chi connectivity index (χ2v) is 4.29. The van der Waals surface area contributed by atoms with Gasteiger partial charge in [0.2, 0.25) is 0 Å². The molecule has 1 heterocycles. The van der Waals surface area contributed by atoms with E-state index in [-0.39, 0.29) is 30.7 Å². The second-order valence-electron chi connectivity index (χ2n) is 4.29. The molecule has 2 N–H and O–H groups in total. The molecule has 0 bridgehead atoms. The zero-order valence-corrected chi connectivity index (χ0v) is 10.3. The molecule has 6 heteroatoms. The van der Waals surface area contributed by atoms with Gasteiger partial charge in [-0.3, -0.25) is 4.79 Å². The number of aromatic nitrogens is 1. The number of carbonyl (C=O) groups is 1. The zero-order chi connectivity index (χ0) is 13.0. The standard InChI is InChI=1S/C11H18N2O4/c1-7(2)10-4-9(12-17-10)11(16)13(3)5-8(15)6-14/h4,7-8,14-15H,5-6H2,1-3H3/t8-/m1/s1. The van der Waals surface area contributed by atoms with E-state index >= 15 is 0 Å². The fourth-order valence-corrected chi connectivity index (χ4v) is 1.31. The molecule has 1 amide bonds. The van der Waals surface area contributed by atoms with Gasteiger partial charge in [-0.1, -0.05) is 19.0 Å². The lowest BCUT2D eigenvalue weighted by atomic mass is 10.1. The second kappa shape index (κ2) is 5.79. The van der Waals surface area contributed by atoms with Crippen molar-refractivity contribution in [2.45, 2.75) is 25.9 Å². The molecule has 6 nitrogen and oxygen atoms in total. The Morgan fingerprint density at radius 3 is 2.71 bits per heavy atom. The Bertz CT molecular complexity index is 375. The van der Waals surface area contributed by atoms with E-state index in [1.165, 1.54) is 11.9 Å². The molecule has 96 valence electrons. The fourth-order valence-electron chi connectivity index (χ4n) is 1.31. The first-order valence-corrected chi connectivity index (χ1v) is 5.46. The lowest BCUT2D eigenvalue weighted by Crippen LogP contribution is -2.36. The van der Waals surface area contributed by atoms with E-state index < -0.39 is 6.10 Å². The Labute approximate surface area is 99.8 Å². The van der Waals surface area contributed by atoms with Gasteiger partial charge in [0.05, 0.1) is 12.7 Å². The van der Waals surface area contributed by atoms with Crippen molar-refractivity contribution in [2.24, 2.45) is 0 Å². The maximum atomic E-state index is 11.8. The molecule has 1 aromatic rings. The Morgan fingerprint density at radius 1 is 1.59 bits per heavy atom. The quantitative estimate of drug-likeness (QED) is 0.771. The van der Waals surface area contributed by atoms with Gasteiger partial charge < -0.3 is 19.6 Å². The van der Waals surface area contributed by atoms with Gasteiger partial charge in [0.25, 0.3) is 5.91 Å². The summed E-state index contributed by atoms with van der Waals surface area (Å²) in [6.07, 6.45) is -0.944. The van der Waals surface area contributed by atoms with Crippen molar-refractivity contribution in [2.75, 3.05) is 20.2 Å². The summed E-state index contributed by atoms with van der Waals surface area (Å²) in [5.74, 6) is 0.468. The van der Waals surface area contributed by atoms with Crippen LogP contribution < -0.4 is 0 Å². The van der Waals surface area contributed by atoms with Gasteiger partial charge >= 0.3 is 0 Å². The molecule has 1 atom stereocenters. The first-order chi connectivity index (χ1) is 7.95. The van der Waals surface area contributed by atoms with E-state index in [1.54, 1.807) is 6.07 Å². The molecular formula is C11H18N2O4. The van der Waals surface area contributed by atoms with E-state index in [1.807, 2.05) is 13.8 Å². The number of aliphatic hydroxyl groups is 2. The van der Waals surface area contributed by atoms with Crippen molar-refractivity contribution in [1.29, 1.82) is 0 Å². The van der Waals surface area contributed by atoms with E-state index in [9.17, 15) is 9.90 Å². The predicted molar refractivity (Wildman–Crippen MR) is 60.6 cm³/mol. The van der Waals surface area contributed by atoms with E-state index in [0.717, 1.165) is 0 Å². The van der Waals surface area contributed by atoms with Gasteiger partial charge in [0.15, 0.2) is 5.69 Å². The van der Waals surface area contributed by atoms with Crippen LogP contribution in [0.25, 0.3) is 0 Å². The highest BCUT2D eigenvalue weighted by Crippen LogP contribution is 2.15. The number of hydrogen-bond acceptors (Lipinski definition) is 5. The molecule has 0 aliphatic heterocycles. The van der Waals surface area contributed by atoms with Crippen LogP contribution in [-0.2, 0) is 0 Å². The highest BCUT2D eigenvalue weighted by molar-refractivity contribution is 5.92. The Hall–Kier alpha value is -1.40. The Balaban J connectivity index is 2.68. The molecule has 1 rings (SSSR count). The van der Waals surface area contributed by atoms with Gasteiger partial charge in [-0.05, 0) is 0 Å². The number of amides is 1. The van der Waals surface area contributed by atoms with Crippen LogP contribution in [0.5, 0.6) is 0 Å². The van der Waals surface area contributed by atoms with Gasteiger partial charge in [-0.2, -0.15) is 0 Å². The van der Waals surface area contributed by atoms with Gasteiger partial charge in [0.1, 0.15) is 5.76 Å². The number of nitrogens with zero attached hydrogens (tertiary/aromatic N) is 2. The highest BCUT2D eigenvalue weighted by Gasteiger charge is 2.19. The third-order valence-corrected chi connectivity index (χ3v) is 2.36. The third-order valence-electron chi connectivity index (χ3n) is 2.36. The molecule has 0 fully saturated rings. The van der Waals surface area contributed by atoms with Crippen LogP contribution >= 0.6 is 0 Å². The zero-order valence-electron chi connectivity index (χ0n) is 10.3. The number of hydrogen-bond donors (Lipinski definition) is 2. The summed E-state index contributed by atoms with van der Waals surface area (Å²) in [5, 5.41) is 21.6. The SMILES string of the molecule is CC(C)c1cc(C(=O)N(C)C[C@@H](O)CO)no1.